The normalized spacial score (nSPS) is 24.4. The van der Waals surface area contributed by atoms with Crippen LogP contribution >= 0.6 is 0 Å². The Morgan fingerprint density at radius 1 is 1.26 bits per heavy atom. The first-order valence-electron chi connectivity index (χ1n) is 9.78. The number of nitrogens with zero attached hydrogens (tertiary/aromatic N) is 1. The molecule has 0 aliphatic carbocycles. The van der Waals surface area contributed by atoms with Crippen LogP contribution in [0.5, 0.6) is 0 Å². The second-order valence-corrected chi connectivity index (χ2v) is 7.42. The van der Waals surface area contributed by atoms with Crippen LogP contribution in [0.15, 0.2) is 30.3 Å². The first-order valence-corrected chi connectivity index (χ1v) is 9.78. The second-order valence-electron chi connectivity index (χ2n) is 7.42. The average molecular weight is 375 g/mol. The van der Waals surface area contributed by atoms with E-state index in [0.717, 1.165) is 12.8 Å². The molecule has 2 atom stereocenters. The summed E-state index contributed by atoms with van der Waals surface area (Å²) in [5, 5.41) is 0. The molecule has 6 nitrogen and oxygen atoms in total. The maximum absolute atomic E-state index is 13.0. The number of benzene rings is 1. The molecule has 2 aliphatic heterocycles. The van der Waals surface area contributed by atoms with Crippen molar-refractivity contribution in [3.8, 4) is 0 Å². The third kappa shape index (κ3) is 5.08. The van der Waals surface area contributed by atoms with Crippen molar-refractivity contribution in [2.24, 2.45) is 5.92 Å². The number of carbonyl (C=O) groups excluding carboxylic acids is 2. The van der Waals surface area contributed by atoms with E-state index in [1.165, 1.54) is 5.56 Å². The minimum absolute atomic E-state index is 0.00697. The lowest BCUT2D eigenvalue weighted by atomic mass is 9.94. The lowest BCUT2D eigenvalue weighted by Crippen LogP contribution is -2.40. The molecule has 2 heterocycles. The molecule has 0 N–H and O–H groups in total. The van der Waals surface area contributed by atoms with Crippen molar-refractivity contribution in [1.29, 1.82) is 0 Å². The van der Waals surface area contributed by atoms with E-state index >= 15 is 0 Å². The molecule has 0 aromatic heterocycles. The fraction of sp³-hybridized carbons (Fsp3) is 0.619. The standard InChI is InChI=1S/C21H29NO5/c1-3-25-19(23)15-22-18(13-16-7-5-4-6-8-16)14-17(20(22)24)9-10-21(2)26-11-12-27-21/h4-8,17-18H,3,9-15H2,1-2H3/t17-,18+/m0/s1. The van der Waals surface area contributed by atoms with Crippen LogP contribution in [0.2, 0.25) is 0 Å². The first kappa shape index (κ1) is 19.8. The van der Waals surface area contributed by atoms with Crippen molar-refractivity contribution in [2.75, 3.05) is 26.4 Å². The molecule has 1 amide bonds. The molecule has 148 valence electrons. The van der Waals surface area contributed by atoms with E-state index < -0.39 is 5.79 Å². The quantitative estimate of drug-likeness (QED) is 0.654. The summed E-state index contributed by atoms with van der Waals surface area (Å²) in [7, 11) is 0. The zero-order chi connectivity index (χ0) is 19.3. The van der Waals surface area contributed by atoms with Crippen LogP contribution in [0.1, 0.15) is 38.7 Å². The fourth-order valence-corrected chi connectivity index (χ4v) is 3.98. The number of ether oxygens (including phenoxy) is 3. The maximum atomic E-state index is 13.0. The van der Waals surface area contributed by atoms with Gasteiger partial charge in [-0.05, 0) is 38.7 Å². The highest BCUT2D eigenvalue weighted by atomic mass is 16.7. The van der Waals surface area contributed by atoms with Crippen LogP contribution < -0.4 is 0 Å². The van der Waals surface area contributed by atoms with Gasteiger partial charge in [-0.3, -0.25) is 9.59 Å². The molecule has 0 radical (unpaired) electrons. The minimum atomic E-state index is -0.593. The zero-order valence-electron chi connectivity index (χ0n) is 16.2. The Morgan fingerprint density at radius 2 is 1.96 bits per heavy atom. The highest BCUT2D eigenvalue weighted by molar-refractivity contribution is 5.85. The van der Waals surface area contributed by atoms with Gasteiger partial charge in [-0.15, -0.1) is 0 Å². The molecule has 27 heavy (non-hydrogen) atoms. The summed E-state index contributed by atoms with van der Waals surface area (Å²) in [6, 6.07) is 10.1. The number of carbonyl (C=O) groups is 2. The van der Waals surface area contributed by atoms with E-state index in [-0.39, 0.29) is 30.4 Å². The van der Waals surface area contributed by atoms with Crippen molar-refractivity contribution in [3.63, 3.8) is 0 Å². The lowest BCUT2D eigenvalue weighted by molar-refractivity contribution is -0.153. The van der Waals surface area contributed by atoms with Crippen molar-refractivity contribution in [1.82, 2.24) is 4.90 Å². The number of hydrogen-bond acceptors (Lipinski definition) is 5. The highest BCUT2D eigenvalue weighted by Gasteiger charge is 2.42. The van der Waals surface area contributed by atoms with Crippen molar-refractivity contribution >= 4 is 11.9 Å². The lowest BCUT2D eigenvalue weighted by Gasteiger charge is -2.24. The van der Waals surface area contributed by atoms with Crippen molar-refractivity contribution < 1.29 is 23.8 Å². The Labute approximate surface area is 160 Å². The minimum Gasteiger partial charge on any atom is -0.465 e. The van der Waals surface area contributed by atoms with Gasteiger partial charge in [0.05, 0.1) is 19.8 Å². The molecule has 2 aliphatic rings. The third-order valence-electron chi connectivity index (χ3n) is 5.39. The molecule has 0 saturated carbocycles. The molecule has 1 aromatic rings. The van der Waals surface area contributed by atoms with Crippen LogP contribution in [0.3, 0.4) is 0 Å². The van der Waals surface area contributed by atoms with Gasteiger partial charge in [-0.1, -0.05) is 30.3 Å². The predicted molar refractivity (Wildman–Crippen MR) is 99.9 cm³/mol. The van der Waals surface area contributed by atoms with E-state index in [2.05, 4.69) is 12.1 Å². The van der Waals surface area contributed by atoms with E-state index in [1.807, 2.05) is 25.1 Å². The molecule has 0 unspecified atom stereocenters. The molecule has 2 fully saturated rings. The van der Waals surface area contributed by atoms with E-state index in [0.29, 0.717) is 32.7 Å². The van der Waals surface area contributed by atoms with Gasteiger partial charge in [-0.2, -0.15) is 0 Å². The number of amides is 1. The molecule has 2 saturated heterocycles. The van der Waals surface area contributed by atoms with Crippen molar-refractivity contribution in [3.05, 3.63) is 35.9 Å². The zero-order valence-corrected chi connectivity index (χ0v) is 16.2. The van der Waals surface area contributed by atoms with Gasteiger partial charge in [-0.25, -0.2) is 0 Å². The second kappa shape index (κ2) is 8.85. The predicted octanol–water partition coefficient (Wildman–Crippen LogP) is 2.55. The number of hydrogen-bond donors (Lipinski definition) is 0. The molecule has 6 heteroatoms. The smallest absolute Gasteiger partial charge is 0.325 e. The Bertz CT molecular complexity index is 641. The van der Waals surface area contributed by atoms with Crippen LogP contribution in [0.4, 0.5) is 0 Å². The Morgan fingerprint density at radius 3 is 2.63 bits per heavy atom. The Balaban J connectivity index is 1.67. The monoisotopic (exact) mass is 375 g/mol. The van der Waals surface area contributed by atoms with Gasteiger partial charge in [0.15, 0.2) is 5.79 Å². The van der Waals surface area contributed by atoms with Gasteiger partial charge in [0.1, 0.15) is 6.54 Å². The molecular formula is C21H29NO5. The van der Waals surface area contributed by atoms with Gasteiger partial charge >= 0.3 is 5.97 Å². The summed E-state index contributed by atoms with van der Waals surface area (Å²) in [6.07, 6.45) is 2.85. The van der Waals surface area contributed by atoms with Crippen LogP contribution in [-0.4, -0.2) is 55.0 Å². The van der Waals surface area contributed by atoms with E-state index in [4.69, 9.17) is 14.2 Å². The maximum Gasteiger partial charge on any atom is 0.325 e. The molecule has 0 bridgehead atoms. The summed E-state index contributed by atoms with van der Waals surface area (Å²) in [4.78, 5) is 26.7. The highest BCUT2D eigenvalue weighted by Crippen LogP contribution is 2.34. The summed E-state index contributed by atoms with van der Waals surface area (Å²) >= 11 is 0. The molecule has 1 aromatic carbocycles. The Hall–Kier alpha value is -1.92. The summed E-state index contributed by atoms with van der Waals surface area (Å²) in [5.74, 6) is -1.02. The van der Waals surface area contributed by atoms with Crippen LogP contribution in [-0.2, 0) is 30.2 Å². The van der Waals surface area contributed by atoms with Crippen LogP contribution in [0, 0.1) is 5.92 Å². The summed E-state index contributed by atoms with van der Waals surface area (Å²) in [5.41, 5.74) is 1.17. The van der Waals surface area contributed by atoms with Gasteiger partial charge in [0, 0.05) is 18.4 Å². The van der Waals surface area contributed by atoms with E-state index in [9.17, 15) is 9.59 Å². The number of esters is 1. The number of rotatable bonds is 8. The van der Waals surface area contributed by atoms with Gasteiger partial charge in [0.25, 0.3) is 0 Å². The fourth-order valence-electron chi connectivity index (χ4n) is 3.98. The SMILES string of the molecule is CCOC(=O)CN1C(=O)[C@@H](CCC2(C)OCCO2)C[C@H]1Cc1ccccc1. The number of likely N-dealkylation sites (tertiary alicyclic amines) is 1. The van der Waals surface area contributed by atoms with Crippen LogP contribution in [0.25, 0.3) is 0 Å². The summed E-state index contributed by atoms with van der Waals surface area (Å²) < 4.78 is 16.4. The molecule has 3 rings (SSSR count). The van der Waals surface area contributed by atoms with E-state index in [1.54, 1.807) is 11.8 Å². The molecular weight excluding hydrogens is 346 g/mol. The largest absolute Gasteiger partial charge is 0.465 e. The summed E-state index contributed by atoms with van der Waals surface area (Å²) in [6.45, 7) is 5.24. The van der Waals surface area contributed by atoms with Crippen molar-refractivity contribution in [2.45, 2.75) is 51.4 Å². The molecule has 0 spiro atoms. The average Bonchev–Trinajstić information content (AvgIpc) is 3.20. The Kier molecular flexibility index (Phi) is 6.50. The third-order valence-corrected chi connectivity index (χ3v) is 5.39. The van der Waals surface area contributed by atoms with Gasteiger partial charge < -0.3 is 19.1 Å². The van der Waals surface area contributed by atoms with Gasteiger partial charge in [0.2, 0.25) is 5.91 Å². The topological polar surface area (TPSA) is 65.1 Å². The first-order chi connectivity index (χ1) is 13.0.